The van der Waals surface area contributed by atoms with Gasteiger partial charge >= 0.3 is 6.43 Å². The summed E-state index contributed by atoms with van der Waals surface area (Å²) in [5.74, 6) is 0. The summed E-state index contributed by atoms with van der Waals surface area (Å²) in [4.78, 5) is 0. The Morgan fingerprint density at radius 3 is 2.00 bits per heavy atom. The van der Waals surface area contributed by atoms with Crippen LogP contribution in [0.15, 0.2) is 28.7 Å². The number of hydrogen-bond acceptors (Lipinski definition) is 0. The zero-order valence-electron chi connectivity index (χ0n) is 4.94. The number of rotatable bonds is 1. The molecule has 0 N–H and O–H groups in total. The highest BCUT2D eigenvalue weighted by molar-refractivity contribution is 9.10. The van der Waals surface area contributed by atoms with Crippen LogP contribution in [0.25, 0.3) is 0 Å². The second-order valence-electron chi connectivity index (χ2n) is 1.77. The molecule has 0 unspecified atom stereocenters. The molecule has 0 heterocycles. The van der Waals surface area contributed by atoms with E-state index < -0.39 is 6.43 Å². The minimum atomic E-state index is -1.65. The van der Waals surface area contributed by atoms with Crippen LogP contribution in [0.1, 0.15) is 5.56 Å². The molecule has 0 aliphatic heterocycles. The summed E-state index contributed by atoms with van der Waals surface area (Å²) in [6, 6.07) is 5.88. The van der Waals surface area contributed by atoms with Gasteiger partial charge in [0.25, 0.3) is 0 Å². The van der Waals surface area contributed by atoms with Crippen LogP contribution in [0.4, 0.5) is 8.78 Å². The standard InChI is InChI=1S/C7H4BrF2/c8-6-3-1-5(2-4-6)7(9)10/h1-4H. The second-order valence-corrected chi connectivity index (χ2v) is 2.68. The molecule has 1 rings (SSSR count). The zero-order chi connectivity index (χ0) is 7.56. The summed E-state index contributed by atoms with van der Waals surface area (Å²) in [6.45, 7) is 0. The van der Waals surface area contributed by atoms with Gasteiger partial charge in [-0.05, 0) is 12.1 Å². The molecule has 0 aliphatic carbocycles. The molecule has 0 bridgehead atoms. The van der Waals surface area contributed by atoms with Crippen molar-refractivity contribution < 1.29 is 8.78 Å². The summed E-state index contributed by atoms with van der Waals surface area (Å²) in [5, 5.41) is 0. The molecule has 0 fully saturated rings. The monoisotopic (exact) mass is 205 g/mol. The first-order valence-corrected chi connectivity index (χ1v) is 3.43. The van der Waals surface area contributed by atoms with Crippen molar-refractivity contribution in [2.24, 2.45) is 0 Å². The smallest absolute Gasteiger partial charge is 0.194 e. The van der Waals surface area contributed by atoms with E-state index in [0.29, 0.717) is 0 Å². The van der Waals surface area contributed by atoms with E-state index in [4.69, 9.17) is 0 Å². The third-order valence-corrected chi connectivity index (χ3v) is 1.59. The molecular formula is C7H4BrF2. The first-order valence-electron chi connectivity index (χ1n) is 2.64. The van der Waals surface area contributed by atoms with Gasteiger partial charge in [0.2, 0.25) is 0 Å². The minimum Gasteiger partial charge on any atom is -0.194 e. The quantitative estimate of drug-likeness (QED) is 0.661. The average Bonchev–Trinajstić information content (AvgIpc) is 1.88. The Bertz CT molecular complexity index is 205. The van der Waals surface area contributed by atoms with Crippen molar-refractivity contribution in [2.45, 2.75) is 0 Å². The first kappa shape index (κ1) is 7.66. The van der Waals surface area contributed by atoms with Gasteiger partial charge in [-0.3, -0.25) is 0 Å². The molecule has 0 saturated heterocycles. The van der Waals surface area contributed by atoms with E-state index >= 15 is 0 Å². The first-order chi connectivity index (χ1) is 4.70. The van der Waals surface area contributed by atoms with E-state index in [1.54, 1.807) is 12.1 Å². The molecular weight excluding hydrogens is 202 g/mol. The fourth-order valence-corrected chi connectivity index (χ4v) is 0.840. The molecule has 1 aromatic rings. The summed E-state index contributed by atoms with van der Waals surface area (Å²) < 4.78 is 24.4. The van der Waals surface area contributed by atoms with Gasteiger partial charge in [0.05, 0.1) is 0 Å². The highest BCUT2D eigenvalue weighted by Crippen LogP contribution is 2.19. The van der Waals surface area contributed by atoms with E-state index in [0.717, 1.165) is 4.47 Å². The lowest BCUT2D eigenvalue weighted by Crippen LogP contribution is -1.81. The zero-order valence-corrected chi connectivity index (χ0v) is 6.53. The average molecular weight is 206 g/mol. The van der Waals surface area contributed by atoms with Crippen molar-refractivity contribution >= 4 is 15.9 Å². The molecule has 53 valence electrons. The van der Waals surface area contributed by atoms with Crippen molar-refractivity contribution in [3.8, 4) is 0 Å². The largest absolute Gasteiger partial charge is 0.339 e. The topological polar surface area (TPSA) is 0 Å². The molecule has 0 aromatic heterocycles. The summed E-state index contributed by atoms with van der Waals surface area (Å²) in [5.41, 5.74) is -0.0248. The Kier molecular flexibility index (Phi) is 2.38. The molecule has 0 aliphatic rings. The third kappa shape index (κ3) is 1.77. The molecule has 3 heteroatoms. The van der Waals surface area contributed by atoms with E-state index in [-0.39, 0.29) is 5.56 Å². The van der Waals surface area contributed by atoms with Gasteiger partial charge in [-0.25, -0.2) is 0 Å². The van der Waals surface area contributed by atoms with E-state index in [1.165, 1.54) is 12.1 Å². The predicted octanol–water partition coefficient (Wildman–Crippen LogP) is 3.23. The highest BCUT2D eigenvalue weighted by Gasteiger charge is 2.07. The van der Waals surface area contributed by atoms with Crippen LogP contribution in [0, 0.1) is 6.43 Å². The SMILES string of the molecule is F[C](F)c1ccc(Br)cc1. The Hall–Kier alpha value is -0.440. The molecule has 1 aromatic carbocycles. The van der Waals surface area contributed by atoms with Crippen LogP contribution < -0.4 is 0 Å². The van der Waals surface area contributed by atoms with Crippen LogP contribution in [0.3, 0.4) is 0 Å². The van der Waals surface area contributed by atoms with Gasteiger partial charge < -0.3 is 0 Å². The lowest BCUT2D eigenvalue weighted by Gasteiger charge is -1.95. The molecule has 0 spiro atoms. The minimum absolute atomic E-state index is 0.0248. The number of halogens is 3. The van der Waals surface area contributed by atoms with Gasteiger partial charge in [-0.1, -0.05) is 28.1 Å². The van der Waals surface area contributed by atoms with E-state index in [1.807, 2.05) is 0 Å². The van der Waals surface area contributed by atoms with Crippen LogP contribution >= 0.6 is 15.9 Å². The molecule has 0 atom stereocenters. The number of benzene rings is 1. The Morgan fingerprint density at radius 1 is 1.10 bits per heavy atom. The Labute approximate surface area is 66.0 Å². The maximum absolute atomic E-state index is 11.8. The normalized spacial score (nSPS) is 10.4. The Morgan fingerprint density at radius 2 is 1.60 bits per heavy atom. The van der Waals surface area contributed by atoms with Crippen molar-refractivity contribution in [2.75, 3.05) is 0 Å². The summed E-state index contributed by atoms with van der Waals surface area (Å²) in [7, 11) is 0. The fourth-order valence-electron chi connectivity index (χ4n) is 0.576. The Balaban J connectivity index is 2.89. The highest BCUT2D eigenvalue weighted by atomic mass is 79.9. The lowest BCUT2D eigenvalue weighted by molar-refractivity contribution is 0.325. The van der Waals surface area contributed by atoms with Crippen molar-refractivity contribution in [3.05, 3.63) is 40.7 Å². The van der Waals surface area contributed by atoms with Crippen LogP contribution in [0.5, 0.6) is 0 Å². The van der Waals surface area contributed by atoms with Crippen molar-refractivity contribution in [3.63, 3.8) is 0 Å². The van der Waals surface area contributed by atoms with Crippen molar-refractivity contribution in [1.82, 2.24) is 0 Å². The molecule has 0 saturated carbocycles. The van der Waals surface area contributed by atoms with E-state index in [2.05, 4.69) is 15.9 Å². The molecule has 10 heavy (non-hydrogen) atoms. The fraction of sp³-hybridized carbons (Fsp3) is 0. The second kappa shape index (κ2) is 3.10. The van der Waals surface area contributed by atoms with Gasteiger partial charge in [0.1, 0.15) is 0 Å². The summed E-state index contributed by atoms with van der Waals surface area (Å²) in [6.07, 6.45) is -1.65. The van der Waals surface area contributed by atoms with Crippen molar-refractivity contribution in [1.29, 1.82) is 0 Å². The molecule has 1 radical (unpaired) electrons. The third-order valence-electron chi connectivity index (χ3n) is 1.06. The van der Waals surface area contributed by atoms with Gasteiger partial charge in [-0.2, -0.15) is 8.78 Å². The molecule has 0 amide bonds. The van der Waals surface area contributed by atoms with Gasteiger partial charge in [0, 0.05) is 10.0 Å². The predicted molar refractivity (Wildman–Crippen MR) is 38.7 cm³/mol. The van der Waals surface area contributed by atoms with Crippen LogP contribution in [-0.4, -0.2) is 0 Å². The summed E-state index contributed by atoms with van der Waals surface area (Å²) >= 11 is 3.14. The van der Waals surface area contributed by atoms with Gasteiger partial charge in [-0.15, -0.1) is 0 Å². The van der Waals surface area contributed by atoms with E-state index in [9.17, 15) is 8.78 Å². The van der Waals surface area contributed by atoms with Gasteiger partial charge in [0.15, 0.2) is 0 Å². The maximum atomic E-state index is 11.8. The lowest BCUT2D eigenvalue weighted by atomic mass is 10.2. The molecule has 0 nitrogen and oxygen atoms in total. The maximum Gasteiger partial charge on any atom is 0.339 e. The number of hydrogen-bond donors (Lipinski definition) is 0. The van der Waals surface area contributed by atoms with Crippen LogP contribution in [-0.2, 0) is 0 Å². The van der Waals surface area contributed by atoms with Crippen LogP contribution in [0.2, 0.25) is 0 Å².